The van der Waals surface area contributed by atoms with Crippen LogP contribution in [-0.4, -0.2) is 45.7 Å². The van der Waals surface area contributed by atoms with Gasteiger partial charge >= 0.3 is 0 Å². The molecule has 0 aliphatic carbocycles. The van der Waals surface area contributed by atoms with E-state index in [1.165, 1.54) is 4.31 Å². The van der Waals surface area contributed by atoms with Crippen LogP contribution in [-0.2, 0) is 19.9 Å². The standard InChI is InChI=1S/C14H21NO4S2/c1-10-7-12(3)14(8-11(10)2)21(18,19)15-6-5-13(9-15)20(4,16)17/h7-8,13H,5-6,9H2,1-4H3. The van der Waals surface area contributed by atoms with Crippen LogP contribution in [0.4, 0.5) is 0 Å². The van der Waals surface area contributed by atoms with Gasteiger partial charge in [-0.15, -0.1) is 0 Å². The monoisotopic (exact) mass is 331 g/mol. The summed E-state index contributed by atoms with van der Waals surface area (Å²) < 4.78 is 49.9. The first kappa shape index (κ1) is 16.5. The largest absolute Gasteiger partial charge is 0.243 e. The molecule has 1 aromatic carbocycles. The fourth-order valence-corrected chi connectivity index (χ4v) is 5.49. The van der Waals surface area contributed by atoms with E-state index in [1.54, 1.807) is 13.0 Å². The number of hydrogen-bond donors (Lipinski definition) is 0. The van der Waals surface area contributed by atoms with Crippen LogP contribution in [0.5, 0.6) is 0 Å². The SMILES string of the molecule is Cc1cc(C)c(S(=O)(=O)N2CCC(S(C)(=O)=O)C2)cc1C. The number of sulfone groups is 1. The molecule has 1 aromatic rings. The van der Waals surface area contributed by atoms with Crippen molar-refractivity contribution in [3.05, 3.63) is 28.8 Å². The molecule has 0 N–H and O–H groups in total. The van der Waals surface area contributed by atoms with Gasteiger partial charge in [-0.3, -0.25) is 0 Å². The van der Waals surface area contributed by atoms with Crippen molar-refractivity contribution in [1.29, 1.82) is 0 Å². The molecule has 5 nitrogen and oxygen atoms in total. The highest BCUT2D eigenvalue weighted by Gasteiger charge is 2.37. The molecule has 1 aliphatic heterocycles. The molecule has 7 heteroatoms. The van der Waals surface area contributed by atoms with E-state index in [-0.39, 0.29) is 18.0 Å². The summed E-state index contributed by atoms with van der Waals surface area (Å²) in [4.78, 5) is 0.278. The smallest absolute Gasteiger partial charge is 0.229 e. The van der Waals surface area contributed by atoms with Gasteiger partial charge < -0.3 is 0 Å². The molecule has 0 radical (unpaired) electrons. The van der Waals surface area contributed by atoms with E-state index in [2.05, 4.69) is 0 Å². The van der Waals surface area contributed by atoms with Crippen molar-refractivity contribution in [3.8, 4) is 0 Å². The third-order valence-corrected chi connectivity index (χ3v) is 7.73. The molecular formula is C14H21NO4S2. The van der Waals surface area contributed by atoms with Gasteiger partial charge in [0, 0.05) is 19.3 Å². The summed E-state index contributed by atoms with van der Waals surface area (Å²) in [6.45, 7) is 5.88. The van der Waals surface area contributed by atoms with Crippen molar-refractivity contribution in [2.75, 3.05) is 19.3 Å². The summed E-state index contributed by atoms with van der Waals surface area (Å²) in [7, 11) is -6.84. The summed E-state index contributed by atoms with van der Waals surface area (Å²) >= 11 is 0. The highest BCUT2D eigenvalue weighted by molar-refractivity contribution is 7.91. The molecule has 0 saturated carbocycles. The minimum absolute atomic E-state index is 0.0491. The quantitative estimate of drug-likeness (QED) is 0.840. The molecule has 118 valence electrons. The molecule has 1 unspecified atom stereocenters. The topological polar surface area (TPSA) is 71.5 Å². The lowest BCUT2D eigenvalue weighted by Crippen LogP contribution is -2.32. The third-order valence-electron chi connectivity index (χ3n) is 4.12. The Labute approximate surface area is 126 Å². The second kappa shape index (κ2) is 5.37. The Bertz CT molecular complexity index is 766. The number of aryl methyl sites for hydroxylation is 3. The van der Waals surface area contributed by atoms with E-state index in [9.17, 15) is 16.8 Å². The minimum atomic E-state index is -3.63. The normalized spacial score (nSPS) is 20.9. The van der Waals surface area contributed by atoms with Gasteiger partial charge in [-0.25, -0.2) is 16.8 Å². The Morgan fingerprint density at radius 3 is 2.10 bits per heavy atom. The number of nitrogens with zero attached hydrogens (tertiary/aromatic N) is 1. The Morgan fingerprint density at radius 2 is 1.57 bits per heavy atom. The summed E-state index contributed by atoms with van der Waals surface area (Å²) in [5.74, 6) is 0. The Kier molecular flexibility index (Phi) is 4.21. The number of benzene rings is 1. The predicted molar refractivity (Wildman–Crippen MR) is 82.7 cm³/mol. The Hall–Kier alpha value is -0.920. The van der Waals surface area contributed by atoms with Crippen LogP contribution in [0.1, 0.15) is 23.1 Å². The van der Waals surface area contributed by atoms with Gasteiger partial charge in [0.2, 0.25) is 10.0 Å². The molecule has 0 amide bonds. The van der Waals surface area contributed by atoms with Crippen LogP contribution in [0.3, 0.4) is 0 Å². The first-order chi connectivity index (χ1) is 9.53. The number of rotatable bonds is 3. The lowest BCUT2D eigenvalue weighted by molar-refractivity contribution is 0.476. The first-order valence-corrected chi connectivity index (χ1v) is 10.2. The fourth-order valence-electron chi connectivity index (χ4n) is 2.62. The number of hydrogen-bond acceptors (Lipinski definition) is 4. The Balaban J connectivity index is 2.39. The van der Waals surface area contributed by atoms with Crippen LogP contribution in [0.2, 0.25) is 0 Å². The van der Waals surface area contributed by atoms with Gasteiger partial charge in [0.15, 0.2) is 9.84 Å². The van der Waals surface area contributed by atoms with Gasteiger partial charge in [-0.2, -0.15) is 4.31 Å². The molecule has 1 aliphatic rings. The average Bonchev–Trinajstić information content (AvgIpc) is 2.83. The average molecular weight is 331 g/mol. The zero-order valence-electron chi connectivity index (χ0n) is 12.8. The molecule has 0 aromatic heterocycles. The van der Waals surface area contributed by atoms with Crippen LogP contribution < -0.4 is 0 Å². The molecule has 1 atom stereocenters. The first-order valence-electron chi connectivity index (χ1n) is 6.80. The van der Waals surface area contributed by atoms with E-state index >= 15 is 0 Å². The van der Waals surface area contributed by atoms with Crippen LogP contribution in [0.15, 0.2) is 17.0 Å². The molecule has 1 heterocycles. The lowest BCUT2D eigenvalue weighted by atomic mass is 10.1. The molecule has 1 saturated heterocycles. The van der Waals surface area contributed by atoms with Crippen molar-refractivity contribution in [2.45, 2.75) is 37.3 Å². The molecule has 2 rings (SSSR count). The second-order valence-electron chi connectivity index (χ2n) is 5.81. The van der Waals surface area contributed by atoms with Crippen molar-refractivity contribution >= 4 is 19.9 Å². The number of sulfonamides is 1. The zero-order chi connectivity index (χ0) is 16.0. The van der Waals surface area contributed by atoms with Crippen LogP contribution >= 0.6 is 0 Å². The zero-order valence-corrected chi connectivity index (χ0v) is 14.4. The molecule has 21 heavy (non-hydrogen) atoms. The molecular weight excluding hydrogens is 310 g/mol. The lowest BCUT2D eigenvalue weighted by Gasteiger charge is -2.19. The van der Waals surface area contributed by atoms with E-state index in [0.29, 0.717) is 12.0 Å². The maximum absolute atomic E-state index is 12.7. The van der Waals surface area contributed by atoms with Gasteiger partial charge in [-0.1, -0.05) is 6.07 Å². The highest BCUT2D eigenvalue weighted by atomic mass is 32.2. The molecule has 0 spiro atoms. The van der Waals surface area contributed by atoms with Crippen molar-refractivity contribution < 1.29 is 16.8 Å². The second-order valence-corrected chi connectivity index (χ2v) is 10.0. The van der Waals surface area contributed by atoms with Gasteiger partial charge in [0.25, 0.3) is 0 Å². The van der Waals surface area contributed by atoms with Crippen LogP contribution in [0, 0.1) is 20.8 Å². The molecule has 1 fully saturated rings. The summed E-state index contributed by atoms with van der Waals surface area (Å²) in [5, 5.41) is -0.598. The summed E-state index contributed by atoms with van der Waals surface area (Å²) in [5.41, 5.74) is 2.65. The Morgan fingerprint density at radius 1 is 1.00 bits per heavy atom. The van der Waals surface area contributed by atoms with Gasteiger partial charge in [0.05, 0.1) is 10.1 Å². The summed E-state index contributed by atoms with van der Waals surface area (Å²) in [6, 6.07) is 3.53. The maximum atomic E-state index is 12.7. The summed E-state index contributed by atoms with van der Waals surface area (Å²) in [6.07, 6.45) is 1.52. The van der Waals surface area contributed by atoms with E-state index in [0.717, 1.165) is 17.4 Å². The maximum Gasteiger partial charge on any atom is 0.243 e. The highest BCUT2D eigenvalue weighted by Crippen LogP contribution is 2.27. The minimum Gasteiger partial charge on any atom is -0.229 e. The van der Waals surface area contributed by atoms with E-state index in [1.807, 2.05) is 19.9 Å². The molecule has 0 bridgehead atoms. The van der Waals surface area contributed by atoms with E-state index < -0.39 is 25.1 Å². The fraction of sp³-hybridized carbons (Fsp3) is 0.571. The predicted octanol–water partition coefficient (Wildman–Crippen LogP) is 1.42. The van der Waals surface area contributed by atoms with Crippen molar-refractivity contribution in [3.63, 3.8) is 0 Å². The van der Waals surface area contributed by atoms with Crippen molar-refractivity contribution in [1.82, 2.24) is 4.31 Å². The van der Waals surface area contributed by atoms with E-state index in [4.69, 9.17) is 0 Å². The van der Waals surface area contributed by atoms with Crippen molar-refractivity contribution in [2.24, 2.45) is 0 Å². The van der Waals surface area contributed by atoms with Gasteiger partial charge in [-0.05, 0) is 49.9 Å². The third kappa shape index (κ3) is 3.14. The van der Waals surface area contributed by atoms with Gasteiger partial charge in [0.1, 0.15) is 0 Å². The van der Waals surface area contributed by atoms with Crippen LogP contribution in [0.25, 0.3) is 0 Å².